The van der Waals surface area contributed by atoms with E-state index in [1.807, 2.05) is 0 Å². The summed E-state index contributed by atoms with van der Waals surface area (Å²) in [4.78, 5) is 9.98. The van der Waals surface area contributed by atoms with Crippen LogP contribution in [0.2, 0.25) is 0 Å². The number of hydrogen-bond acceptors (Lipinski definition) is 3. The average Bonchev–Trinajstić information content (AvgIpc) is 1.77. The smallest absolute Gasteiger partial charge is 0.207 e. The summed E-state index contributed by atoms with van der Waals surface area (Å²) >= 11 is 0. The van der Waals surface area contributed by atoms with E-state index in [0.29, 0.717) is 19.3 Å². The van der Waals surface area contributed by atoms with Gasteiger partial charge in [-0.25, -0.2) is 0 Å². The highest BCUT2D eigenvalue weighted by Crippen LogP contribution is 2.33. The summed E-state index contributed by atoms with van der Waals surface area (Å²) in [7, 11) is 0. The van der Waals surface area contributed by atoms with Gasteiger partial charge in [0.1, 0.15) is 0 Å². The summed E-state index contributed by atoms with van der Waals surface area (Å²) in [6.45, 7) is 0. The lowest BCUT2D eigenvalue weighted by Crippen LogP contribution is -2.58. The molecule has 0 atom stereocenters. The third kappa shape index (κ3) is 0.998. The minimum Gasteiger partial charge on any atom is -0.366 e. The molecular weight excluding hydrogens is 134 g/mol. The second-order valence-corrected chi connectivity index (χ2v) is 2.65. The van der Waals surface area contributed by atoms with Crippen LogP contribution in [0.15, 0.2) is 0 Å². The first kappa shape index (κ1) is 7.50. The van der Waals surface area contributed by atoms with Crippen LogP contribution >= 0.6 is 0 Å². The van der Waals surface area contributed by atoms with Gasteiger partial charge in [-0.1, -0.05) is 0 Å². The molecule has 0 radical (unpaired) electrons. The van der Waals surface area contributed by atoms with E-state index >= 15 is 0 Å². The summed E-state index contributed by atoms with van der Waals surface area (Å²) in [6, 6.07) is 0. The summed E-state index contributed by atoms with van der Waals surface area (Å²) in [5, 5.41) is 20.0. The van der Waals surface area contributed by atoms with Crippen LogP contribution in [0, 0.1) is 0 Å². The molecular formula is C6H11NO3. The largest absolute Gasteiger partial charge is 0.366 e. The van der Waals surface area contributed by atoms with Gasteiger partial charge >= 0.3 is 0 Å². The van der Waals surface area contributed by atoms with Crippen molar-refractivity contribution in [3.05, 3.63) is 0 Å². The van der Waals surface area contributed by atoms with Crippen LogP contribution in [0.3, 0.4) is 0 Å². The molecule has 0 spiro atoms. The topological polar surface area (TPSA) is 69.6 Å². The van der Waals surface area contributed by atoms with Crippen molar-refractivity contribution in [1.29, 1.82) is 0 Å². The molecule has 0 aromatic heterocycles. The van der Waals surface area contributed by atoms with Crippen molar-refractivity contribution in [3.8, 4) is 0 Å². The SMILES string of the molecule is O=CNC1(C(O)O)CCC1. The van der Waals surface area contributed by atoms with Gasteiger partial charge in [0.15, 0.2) is 6.29 Å². The second-order valence-electron chi connectivity index (χ2n) is 2.65. The molecule has 0 saturated heterocycles. The Balaban J connectivity index is 2.50. The second kappa shape index (κ2) is 2.56. The minimum atomic E-state index is -1.42. The summed E-state index contributed by atoms with van der Waals surface area (Å²) in [5.74, 6) is 0. The maximum Gasteiger partial charge on any atom is 0.207 e. The fraction of sp³-hybridized carbons (Fsp3) is 0.833. The Morgan fingerprint density at radius 3 is 2.20 bits per heavy atom. The zero-order valence-electron chi connectivity index (χ0n) is 5.58. The first-order chi connectivity index (χ1) is 4.71. The molecule has 0 aliphatic heterocycles. The third-order valence-electron chi connectivity index (χ3n) is 2.09. The van der Waals surface area contributed by atoms with Crippen molar-refractivity contribution in [3.63, 3.8) is 0 Å². The lowest BCUT2D eigenvalue weighted by atomic mass is 9.76. The molecule has 0 aromatic rings. The number of amides is 1. The lowest BCUT2D eigenvalue weighted by molar-refractivity contribution is -0.144. The molecule has 10 heavy (non-hydrogen) atoms. The molecule has 0 unspecified atom stereocenters. The van der Waals surface area contributed by atoms with Crippen LogP contribution in [0.1, 0.15) is 19.3 Å². The molecule has 58 valence electrons. The molecule has 1 rings (SSSR count). The molecule has 1 aliphatic carbocycles. The van der Waals surface area contributed by atoms with Crippen LogP contribution in [0.4, 0.5) is 0 Å². The van der Waals surface area contributed by atoms with Gasteiger partial charge in [0.05, 0.1) is 5.54 Å². The van der Waals surface area contributed by atoms with Crippen LogP contribution in [-0.2, 0) is 4.79 Å². The summed E-state index contributed by atoms with van der Waals surface area (Å²) < 4.78 is 0. The highest BCUT2D eigenvalue weighted by Gasteiger charge is 2.42. The zero-order valence-corrected chi connectivity index (χ0v) is 5.58. The Labute approximate surface area is 58.9 Å². The summed E-state index contributed by atoms with van der Waals surface area (Å²) in [5.41, 5.74) is -0.734. The molecule has 1 aliphatic rings. The first-order valence-corrected chi connectivity index (χ1v) is 3.29. The van der Waals surface area contributed by atoms with Crippen molar-refractivity contribution >= 4 is 6.41 Å². The maximum absolute atomic E-state index is 9.98. The molecule has 1 fully saturated rings. The van der Waals surface area contributed by atoms with Gasteiger partial charge in [-0.3, -0.25) is 4.79 Å². The van der Waals surface area contributed by atoms with Gasteiger partial charge in [0, 0.05) is 0 Å². The summed E-state index contributed by atoms with van der Waals surface area (Å²) in [6.07, 6.45) is 1.34. The van der Waals surface area contributed by atoms with Crippen molar-refractivity contribution in [1.82, 2.24) is 5.32 Å². The van der Waals surface area contributed by atoms with Gasteiger partial charge in [-0.2, -0.15) is 0 Å². The van der Waals surface area contributed by atoms with Gasteiger partial charge in [-0.05, 0) is 19.3 Å². The van der Waals surface area contributed by atoms with E-state index in [-0.39, 0.29) is 0 Å². The van der Waals surface area contributed by atoms with E-state index in [0.717, 1.165) is 6.42 Å². The number of hydrogen-bond donors (Lipinski definition) is 3. The molecule has 3 N–H and O–H groups in total. The fourth-order valence-electron chi connectivity index (χ4n) is 1.15. The molecule has 4 heteroatoms. The first-order valence-electron chi connectivity index (χ1n) is 3.29. The zero-order chi connectivity index (χ0) is 7.61. The number of nitrogens with one attached hydrogen (secondary N) is 1. The van der Waals surface area contributed by atoms with Crippen LogP contribution in [-0.4, -0.2) is 28.5 Å². The number of aliphatic hydroxyl groups excluding tert-OH is 1. The van der Waals surface area contributed by atoms with Gasteiger partial charge in [0.25, 0.3) is 0 Å². The molecule has 0 bridgehead atoms. The molecule has 1 saturated carbocycles. The van der Waals surface area contributed by atoms with E-state index in [1.165, 1.54) is 0 Å². The van der Waals surface area contributed by atoms with E-state index in [9.17, 15) is 4.79 Å². The van der Waals surface area contributed by atoms with Crippen molar-refractivity contribution < 1.29 is 15.0 Å². The third-order valence-corrected chi connectivity index (χ3v) is 2.09. The van der Waals surface area contributed by atoms with E-state index < -0.39 is 11.8 Å². The number of carbonyl (C=O) groups is 1. The van der Waals surface area contributed by atoms with E-state index in [1.54, 1.807) is 0 Å². The quantitative estimate of drug-likeness (QED) is 0.351. The highest BCUT2D eigenvalue weighted by atomic mass is 16.5. The fourth-order valence-corrected chi connectivity index (χ4v) is 1.15. The van der Waals surface area contributed by atoms with Gasteiger partial charge in [0.2, 0.25) is 6.41 Å². The van der Waals surface area contributed by atoms with E-state index in [4.69, 9.17) is 10.2 Å². The van der Waals surface area contributed by atoms with E-state index in [2.05, 4.69) is 5.32 Å². The van der Waals surface area contributed by atoms with Crippen molar-refractivity contribution in [2.75, 3.05) is 0 Å². The molecule has 1 amide bonds. The Hall–Kier alpha value is -0.610. The monoisotopic (exact) mass is 145 g/mol. The Bertz CT molecular complexity index is 131. The predicted molar refractivity (Wildman–Crippen MR) is 34.0 cm³/mol. The minimum absolute atomic E-state index is 0.513. The van der Waals surface area contributed by atoms with Gasteiger partial charge < -0.3 is 15.5 Å². The van der Waals surface area contributed by atoms with Gasteiger partial charge in [-0.15, -0.1) is 0 Å². The normalized spacial score (nSPS) is 21.9. The van der Waals surface area contributed by atoms with Crippen LogP contribution in [0.5, 0.6) is 0 Å². The Morgan fingerprint density at radius 1 is 1.50 bits per heavy atom. The average molecular weight is 145 g/mol. The molecule has 0 heterocycles. The number of aliphatic hydroxyl groups is 2. The van der Waals surface area contributed by atoms with Crippen LogP contribution < -0.4 is 5.32 Å². The number of carbonyl (C=O) groups excluding carboxylic acids is 1. The number of rotatable bonds is 3. The Morgan fingerprint density at radius 2 is 2.10 bits per heavy atom. The van der Waals surface area contributed by atoms with Crippen LogP contribution in [0.25, 0.3) is 0 Å². The lowest BCUT2D eigenvalue weighted by Gasteiger charge is -2.42. The molecule has 4 nitrogen and oxygen atoms in total. The maximum atomic E-state index is 9.98. The standard InChI is InChI=1S/C6H11NO3/c8-4-7-6(5(9)10)2-1-3-6/h4-5,9-10H,1-3H2,(H,7,8). The Kier molecular flexibility index (Phi) is 1.92. The molecule has 0 aromatic carbocycles. The van der Waals surface area contributed by atoms with Crippen molar-refractivity contribution in [2.45, 2.75) is 31.1 Å². The highest BCUT2D eigenvalue weighted by molar-refractivity contribution is 5.48. The predicted octanol–water partition coefficient (Wildman–Crippen LogP) is -1.03. The van der Waals surface area contributed by atoms with Crippen molar-refractivity contribution in [2.24, 2.45) is 0 Å².